The molecule has 0 aliphatic heterocycles. The van der Waals surface area contributed by atoms with Crippen LogP contribution in [-0.2, 0) is 18.4 Å². The van der Waals surface area contributed by atoms with E-state index in [9.17, 15) is 14.4 Å². The Labute approximate surface area is 174 Å². The van der Waals surface area contributed by atoms with Crippen molar-refractivity contribution >= 4 is 44.5 Å². The van der Waals surface area contributed by atoms with Crippen LogP contribution in [-0.4, -0.2) is 57.3 Å². The van der Waals surface area contributed by atoms with Crippen molar-refractivity contribution in [3.8, 4) is 5.75 Å². The zero-order chi connectivity index (χ0) is 21.3. The molecule has 3 aromatic rings. The third-order valence-corrected chi connectivity index (χ3v) is 4.76. The van der Waals surface area contributed by atoms with E-state index in [0.717, 1.165) is 0 Å². The summed E-state index contributed by atoms with van der Waals surface area (Å²) in [6.07, 6.45) is 1.29. The number of benzene rings is 1. The number of fused-ring (bicyclic) bond motifs is 1. The van der Waals surface area contributed by atoms with Crippen LogP contribution in [0.1, 0.15) is 10.4 Å². The average molecular weight is 463 g/mol. The van der Waals surface area contributed by atoms with Gasteiger partial charge in [0, 0.05) is 26.7 Å². The normalized spacial score (nSPS) is 10.8. The first kappa shape index (κ1) is 20.5. The molecule has 152 valence electrons. The number of carbonyl (C=O) groups is 2. The summed E-state index contributed by atoms with van der Waals surface area (Å²) in [6, 6.07) is 4.74. The molecule has 29 heavy (non-hydrogen) atoms. The fourth-order valence-electron chi connectivity index (χ4n) is 2.79. The van der Waals surface area contributed by atoms with E-state index in [-0.39, 0.29) is 12.5 Å². The van der Waals surface area contributed by atoms with Gasteiger partial charge in [-0.25, -0.2) is 9.67 Å². The number of amides is 2. The lowest BCUT2D eigenvalue weighted by molar-refractivity contribution is -0.116. The van der Waals surface area contributed by atoms with Gasteiger partial charge < -0.3 is 15.0 Å². The Morgan fingerprint density at radius 3 is 2.69 bits per heavy atom. The molecule has 11 heteroatoms. The molecular weight excluding hydrogens is 444 g/mol. The third-order valence-electron chi connectivity index (χ3n) is 4.21. The maximum Gasteiger partial charge on any atom is 0.266 e. The SMILES string of the molecule is COc1ccc(C(=O)N(C)C)cc1NC(=O)Cn1cnc2c(c(Br)nn2C)c1=O. The Hall–Kier alpha value is -3.21. The second-order valence-corrected chi connectivity index (χ2v) is 7.20. The highest BCUT2D eigenvalue weighted by Gasteiger charge is 2.17. The van der Waals surface area contributed by atoms with Crippen molar-refractivity contribution in [2.75, 3.05) is 26.5 Å². The molecule has 2 amide bonds. The van der Waals surface area contributed by atoms with Crippen LogP contribution in [0.25, 0.3) is 11.0 Å². The van der Waals surface area contributed by atoms with Crippen molar-refractivity contribution in [2.45, 2.75) is 6.54 Å². The van der Waals surface area contributed by atoms with Crippen LogP contribution >= 0.6 is 15.9 Å². The molecule has 0 radical (unpaired) electrons. The molecule has 0 atom stereocenters. The molecule has 1 aromatic carbocycles. The summed E-state index contributed by atoms with van der Waals surface area (Å²) in [6.45, 7) is -0.266. The number of carbonyl (C=O) groups excluding carboxylic acids is 2. The van der Waals surface area contributed by atoms with Gasteiger partial charge in [-0.1, -0.05) is 0 Å². The molecule has 0 unspecified atom stereocenters. The van der Waals surface area contributed by atoms with Crippen LogP contribution in [0.3, 0.4) is 0 Å². The van der Waals surface area contributed by atoms with Crippen molar-refractivity contribution in [2.24, 2.45) is 7.05 Å². The summed E-state index contributed by atoms with van der Waals surface area (Å²) in [7, 11) is 6.40. The lowest BCUT2D eigenvalue weighted by Crippen LogP contribution is -2.28. The van der Waals surface area contributed by atoms with Gasteiger partial charge in [0.1, 0.15) is 28.6 Å². The zero-order valence-corrected chi connectivity index (χ0v) is 17.8. The number of nitrogens with one attached hydrogen (secondary N) is 1. The van der Waals surface area contributed by atoms with Crippen LogP contribution in [0.4, 0.5) is 5.69 Å². The molecule has 1 N–H and O–H groups in total. The van der Waals surface area contributed by atoms with Crippen molar-refractivity contribution < 1.29 is 14.3 Å². The predicted molar refractivity (Wildman–Crippen MR) is 110 cm³/mol. The van der Waals surface area contributed by atoms with Gasteiger partial charge in [-0.15, -0.1) is 0 Å². The second-order valence-electron chi connectivity index (χ2n) is 6.45. The molecule has 3 rings (SSSR count). The van der Waals surface area contributed by atoms with Gasteiger partial charge in [-0.2, -0.15) is 5.10 Å². The molecule has 2 heterocycles. The summed E-state index contributed by atoms with van der Waals surface area (Å²) in [4.78, 5) is 43.0. The quantitative estimate of drug-likeness (QED) is 0.610. The topological polar surface area (TPSA) is 111 Å². The summed E-state index contributed by atoms with van der Waals surface area (Å²) in [5.41, 5.74) is 0.740. The van der Waals surface area contributed by atoms with Gasteiger partial charge in [-0.05, 0) is 34.1 Å². The molecule has 0 saturated carbocycles. The number of hydrogen-bond donors (Lipinski definition) is 1. The van der Waals surface area contributed by atoms with Gasteiger partial charge in [0.05, 0.1) is 12.8 Å². The van der Waals surface area contributed by atoms with Gasteiger partial charge in [0.2, 0.25) is 5.91 Å². The molecule has 2 aromatic heterocycles. The summed E-state index contributed by atoms with van der Waals surface area (Å²) < 4.78 is 8.28. The number of halogens is 1. The van der Waals surface area contributed by atoms with Crippen molar-refractivity contribution in [3.05, 3.63) is 45.0 Å². The summed E-state index contributed by atoms with van der Waals surface area (Å²) >= 11 is 3.24. The minimum absolute atomic E-state index is 0.213. The summed E-state index contributed by atoms with van der Waals surface area (Å²) in [5, 5.41) is 7.08. The van der Waals surface area contributed by atoms with Gasteiger partial charge >= 0.3 is 0 Å². The molecule has 0 bridgehead atoms. The molecule has 0 saturated heterocycles. The van der Waals surface area contributed by atoms with E-state index in [1.807, 2.05) is 0 Å². The van der Waals surface area contributed by atoms with Crippen LogP contribution in [0.2, 0.25) is 0 Å². The maximum atomic E-state index is 12.7. The Kier molecular flexibility index (Phi) is 5.69. The monoisotopic (exact) mass is 462 g/mol. The first-order valence-corrected chi connectivity index (χ1v) is 9.29. The minimum atomic E-state index is -0.471. The Morgan fingerprint density at radius 2 is 2.03 bits per heavy atom. The minimum Gasteiger partial charge on any atom is -0.495 e. The fourth-order valence-corrected chi connectivity index (χ4v) is 3.37. The standard InChI is InChI=1S/C18H19BrN6O4/c1-23(2)17(27)10-5-6-12(29-4)11(7-10)21-13(26)8-25-9-20-16-14(18(25)28)15(19)22-24(16)3/h5-7,9H,8H2,1-4H3,(H,21,26). The molecule has 10 nitrogen and oxygen atoms in total. The smallest absolute Gasteiger partial charge is 0.266 e. The number of aryl methyl sites for hydroxylation is 1. The molecular formula is C18H19BrN6O4. The first-order valence-electron chi connectivity index (χ1n) is 8.50. The molecule has 0 spiro atoms. The van der Waals surface area contributed by atoms with E-state index in [4.69, 9.17) is 4.74 Å². The van der Waals surface area contributed by atoms with Gasteiger partial charge in [0.25, 0.3) is 11.5 Å². The van der Waals surface area contributed by atoms with E-state index in [0.29, 0.717) is 32.6 Å². The second kappa shape index (κ2) is 8.03. The molecule has 0 fully saturated rings. The van der Waals surface area contributed by atoms with Crippen molar-refractivity contribution in [3.63, 3.8) is 0 Å². The highest BCUT2D eigenvalue weighted by molar-refractivity contribution is 9.10. The number of ether oxygens (including phenoxy) is 1. The molecule has 0 aliphatic rings. The predicted octanol–water partition coefficient (Wildman–Crippen LogP) is 1.24. The Morgan fingerprint density at radius 1 is 1.31 bits per heavy atom. The van der Waals surface area contributed by atoms with Gasteiger partial charge in [0.15, 0.2) is 5.65 Å². The average Bonchev–Trinajstić information content (AvgIpc) is 2.97. The third kappa shape index (κ3) is 3.99. The Bertz CT molecular complexity index is 1170. The Balaban J connectivity index is 1.88. The van der Waals surface area contributed by atoms with Crippen molar-refractivity contribution in [1.82, 2.24) is 24.2 Å². The largest absolute Gasteiger partial charge is 0.495 e. The number of hydrogen-bond acceptors (Lipinski definition) is 6. The van der Waals surface area contributed by atoms with Crippen LogP contribution in [0.5, 0.6) is 5.75 Å². The van der Waals surface area contributed by atoms with Crippen molar-refractivity contribution in [1.29, 1.82) is 0 Å². The lowest BCUT2D eigenvalue weighted by Gasteiger charge is -2.14. The molecule has 0 aliphatic carbocycles. The zero-order valence-electron chi connectivity index (χ0n) is 16.3. The lowest BCUT2D eigenvalue weighted by atomic mass is 10.1. The van der Waals surface area contributed by atoms with Crippen LogP contribution < -0.4 is 15.6 Å². The first-order chi connectivity index (χ1) is 13.7. The van der Waals surface area contributed by atoms with E-state index in [1.165, 1.54) is 33.7 Å². The van der Waals surface area contributed by atoms with Crippen LogP contribution in [0, 0.1) is 0 Å². The number of methoxy groups -OCH3 is 1. The fraction of sp³-hybridized carbons (Fsp3) is 0.278. The van der Waals surface area contributed by atoms with Crippen LogP contribution in [0.15, 0.2) is 33.9 Å². The number of anilines is 1. The maximum absolute atomic E-state index is 12.7. The highest BCUT2D eigenvalue weighted by atomic mass is 79.9. The number of rotatable bonds is 5. The highest BCUT2D eigenvalue weighted by Crippen LogP contribution is 2.26. The van der Waals surface area contributed by atoms with E-state index >= 15 is 0 Å². The number of nitrogens with zero attached hydrogens (tertiary/aromatic N) is 5. The van der Waals surface area contributed by atoms with E-state index in [2.05, 4.69) is 31.3 Å². The van der Waals surface area contributed by atoms with Gasteiger partial charge in [-0.3, -0.25) is 19.0 Å². The van der Waals surface area contributed by atoms with E-state index in [1.54, 1.807) is 33.3 Å². The summed E-state index contributed by atoms with van der Waals surface area (Å²) in [5.74, 6) is -0.291. The number of aromatic nitrogens is 4. The van der Waals surface area contributed by atoms with E-state index < -0.39 is 11.5 Å².